The van der Waals surface area contributed by atoms with Crippen molar-refractivity contribution in [1.29, 1.82) is 0 Å². The molecule has 0 atom stereocenters. The zero-order valence-electron chi connectivity index (χ0n) is 13.1. The summed E-state index contributed by atoms with van der Waals surface area (Å²) in [4.78, 5) is 14.8. The first kappa shape index (κ1) is 14.4. The number of amides is 1. The first-order valence-electron chi connectivity index (χ1n) is 7.45. The van der Waals surface area contributed by atoms with Gasteiger partial charge in [0.15, 0.2) is 0 Å². The maximum absolute atomic E-state index is 11.3. The van der Waals surface area contributed by atoms with Crippen LogP contribution in [0.1, 0.15) is 18.1 Å². The third-order valence-corrected chi connectivity index (χ3v) is 4.22. The van der Waals surface area contributed by atoms with Crippen molar-refractivity contribution >= 4 is 17.5 Å². The lowest BCUT2D eigenvalue weighted by Crippen LogP contribution is -2.28. The van der Waals surface area contributed by atoms with Gasteiger partial charge >= 0.3 is 6.09 Å². The van der Waals surface area contributed by atoms with Gasteiger partial charge in [-0.05, 0) is 59.9 Å². The third kappa shape index (κ3) is 2.30. The van der Waals surface area contributed by atoms with Crippen molar-refractivity contribution in [2.75, 3.05) is 30.4 Å². The smallest absolute Gasteiger partial charge is 0.411 e. The summed E-state index contributed by atoms with van der Waals surface area (Å²) in [5, 5.41) is 9.27. The number of anilines is 2. The summed E-state index contributed by atoms with van der Waals surface area (Å²) in [5.41, 5.74) is 6.90. The lowest BCUT2D eigenvalue weighted by Gasteiger charge is -2.18. The predicted molar refractivity (Wildman–Crippen MR) is 90.1 cm³/mol. The zero-order valence-corrected chi connectivity index (χ0v) is 13.1. The summed E-state index contributed by atoms with van der Waals surface area (Å²) in [6, 6.07) is 12.4. The second-order valence-corrected chi connectivity index (χ2v) is 5.78. The van der Waals surface area contributed by atoms with Gasteiger partial charge in [-0.3, -0.25) is 4.90 Å². The van der Waals surface area contributed by atoms with Gasteiger partial charge in [-0.25, -0.2) is 4.79 Å². The van der Waals surface area contributed by atoms with Crippen LogP contribution >= 0.6 is 0 Å². The molecule has 0 unspecified atom stereocenters. The van der Waals surface area contributed by atoms with Crippen LogP contribution in [0.2, 0.25) is 0 Å². The molecule has 22 heavy (non-hydrogen) atoms. The van der Waals surface area contributed by atoms with E-state index >= 15 is 0 Å². The Bertz CT molecular complexity index is 738. The summed E-state index contributed by atoms with van der Waals surface area (Å²) in [5.74, 6) is 0. The van der Waals surface area contributed by atoms with Crippen molar-refractivity contribution < 1.29 is 9.90 Å². The molecule has 1 aliphatic carbocycles. The number of carboxylic acid groups (broad SMARTS) is 1. The Balaban J connectivity index is 2.00. The fourth-order valence-electron chi connectivity index (χ4n) is 3.06. The molecule has 1 N–H and O–H groups in total. The van der Waals surface area contributed by atoms with Gasteiger partial charge in [0, 0.05) is 32.0 Å². The van der Waals surface area contributed by atoms with E-state index in [4.69, 9.17) is 0 Å². The van der Waals surface area contributed by atoms with Gasteiger partial charge in [-0.1, -0.05) is 12.1 Å². The van der Waals surface area contributed by atoms with Crippen molar-refractivity contribution in [2.45, 2.75) is 13.3 Å². The van der Waals surface area contributed by atoms with Gasteiger partial charge in [0.05, 0.1) is 0 Å². The minimum Gasteiger partial charge on any atom is -0.465 e. The highest BCUT2D eigenvalue weighted by atomic mass is 16.4. The van der Waals surface area contributed by atoms with Gasteiger partial charge in [-0.2, -0.15) is 0 Å². The van der Waals surface area contributed by atoms with Crippen LogP contribution in [-0.4, -0.2) is 31.8 Å². The number of benzene rings is 2. The van der Waals surface area contributed by atoms with Crippen LogP contribution in [0.25, 0.3) is 11.1 Å². The average Bonchev–Trinajstić information content (AvgIpc) is 2.84. The molecule has 2 aromatic carbocycles. The van der Waals surface area contributed by atoms with Crippen LogP contribution in [-0.2, 0) is 6.42 Å². The highest BCUT2D eigenvalue weighted by molar-refractivity contribution is 5.88. The summed E-state index contributed by atoms with van der Waals surface area (Å²) in [6.45, 7) is 2.30. The van der Waals surface area contributed by atoms with Crippen molar-refractivity contribution in [2.24, 2.45) is 0 Å². The molecule has 0 aliphatic heterocycles. The number of carbonyl (C=O) groups is 1. The zero-order chi connectivity index (χ0) is 15.9. The van der Waals surface area contributed by atoms with Gasteiger partial charge in [0.2, 0.25) is 0 Å². The molecule has 0 bridgehead atoms. The number of hydrogen-bond acceptors (Lipinski definition) is 2. The highest BCUT2D eigenvalue weighted by Gasteiger charge is 2.21. The molecule has 1 aliphatic rings. The summed E-state index contributed by atoms with van der Waals surface area (Å²) < 4.78 is 0. The molecule has 0 fully saturated rings. The Morgan fingerprint density at radius 2 is 1.59 bits per heavy atom. The summed E-state index contributed by atoms with van der Waals surface area (Å²) in [6.07, 6.45) is -0.0509. The van der Waals surface area contributed by atoms with E-state index in [9.17, 15) is 9.90 Å². The van der Waals surface area contributed by atoms with E-state index in [0.29, 0.717) is 6.54 Å². The lowest BCUT2D eigenvalue weighted by molar-refractivity contribution is 0.202. The minimum absolute atomic E-state index is 0.450. The van der Waals surface area contributed by atoms with E-state index in [0.717, 1.165) is 12.1 Å². The Morgan fingerprint density at radius 1 is 1.05 bits per heavy atom. The number of hydrogen-bond donors (Lipinski definition) is 1. The second kappa shape index (κ2) is 5.37. The van der Waals surface area contributed by atoms with E-state index < -0.39 is 6.09 Å². The normalized spacial score (nSPS) is 11.8. The number of nitrogens with zero attached hydrogens (tertiary/aromatic N) is 2. The maximum atomic E-state index is 11.3. The van der Waals surface area contributed by atoms with Crippen LogP contribution in [0.5, 0.6) is 0 Å². The third-order valence-electron chi connectivity index (χ3n) is 4.22. The number of rotatable bonds is 3. The van der Waals surface area contributed by atoms with Crippen LogP contribution in [0.15, 0.2) is 36.4 Å². The molecular formula is C18H20N2O2. The molecule has 0 aromatic heterocycles. The molecule has 0 saturated heterocycles. The average molecular weight is 296 g/mol. The van der Waals surface area contributed by atoms with E-state index in [2.05, 4.69) is 23.1 Å². The molecule has 0 spiro atoms. The predicted octanol–water partition coefficient (Wildman–Crippen LogP) is 3.83. The van der Waals surface area contributed by atoms with Crippen LogP contribution in [0, 0.1) is 0 Å². The maximum Gasteiger partial charge on any atom is 0.411 e. The minimum atomic E-state index is -0.909. The summed E-state index contributed by atoms with van der Waals surface area (Å²) >= 11 is 0. The van der Waals surface area contributed by atoms with E-state index in [1.54, 1.807) is 0 Å². The Morgan fingerprint density at radius 3 is 2.09 bits per heavy atom. The Hall–Kier alpha value is -2.49. The molecule has 1 amide bonds. The molecule has 0 saturated carbocycles. The molecule has 4 nitrogen and oxygen atoms in total. The van der Waals surface area contributed by atoms with E-state index in [1.807, 2.05) is 39.2 Å². The van der Waals surface area contributed by atoms with Crippen molar-refractivity contribution in [3.05, 3.63) is 47.5 Å². The molecule has 3 rings (SSSR count). The van der Waals surface area contributed by atoms with Crippen LogP contribution in [0.3, 0.4) is 0 Å². The van der Waals surface area contributed by atoms with Gasteiger partial charge in [-0.15, -0.1) is 0 Å². The summed E-state index contributed by atoms with van der Waals surface area (Å²) in [7, 11) is 4.07. The van der Waals surface area contributed by atoms with Crippen molar-refractivity contribution in [1.82, 2.24) is 0 Å². The first-order valence-corrected chi connectivity index (χ1v) is 7.45. The van der Waals surface area contributed by atoms with Crippen LogP contribution in [0.4, 0.5) is 16.2 Å². The lowest BCUT2D eigenvalue weighted by atomic mass is 10.0. The SMILES string of the molecule is CCN(C(=O)O)c1ccc2c(c1)Cc1cc(N(C)C)ccc1-2. The molecule has 114 valence electrons. The Kier molecular flexibility index (Phi) is 3.53. The highest BCUT2D eigenvalue weighted by Crippen LogP contribution is 2.39. The molecule has 0 radical (unpaired) electrons. The molecular weight excluding hydrogens is 276 g/mol. The molecule has 2 aromatic rings. The largest absolute Gasteiger partial charge is 0.465 e. The van der Waals surface area contributed by atoms with Crippen molar-refractivity contribution in [3.8, 4) is 11.1 Å². The quantitative estimate of drug-likeness (QED) is 0.799. The van der Waals surface area contributed by atoms with Gasteiger partial charge in [0.1, 0.15) is 0 Å². The standard InChI is InChI=1S/C18H20N2O2/c1-4-20(18(21)22)15-6-8-17-13(11-15)9-12-10-14(19(2)3)5-7-16(12)17/h5-8,10-11H,4,9H2,1-3H3,(H,21,22). The monoisotopic (exact) mass is 296 g/mol. The van der Waals surface area contributed by atoms with Crippen LogP contribution < -0.4 is 9.80 Å². The number of fused-ring (bicyclic) bond motifs is 3. The second-order valence-electron chi connectivity index (χ2n) is 5.78. The van der Waals surface area contributed by atoms with E-state index in [1.165, 1.54) is 32.8 Å². The topological polar surface area (TPSA) is 43.8 Å². The van der Waals surface area contributed by atoms with Crippen molar-refractivity contribution in [3.63, 3.8) is 0 Å². The van der Waals surface area contributed by atoms with E-state index in [-0.39, 0.29) is 0 Å². The fraction of sp³-hybridized carbons (Fsp3) is 0.278. The first-order chi connectivity index (χ1) is 10.5. The molecule has 0 heterocycles. The fourth-order valence-corrected chi connectivity index (χ4v) is 3.06. The Labute approximate surface area is 130 Å². The van der Waals surface area contributed by atoms with Gasteiger partial charge in [0.25, 0.3) is 0 Å². The van der Waals surface area contributed by atoms with Gasteiger partial charge < -0.3 is 10.0 Å². The molecule has 4 heteroatoms.